The van der Waals surface area contributed by atoms with Crippen molar-refractivity contribution >= 4 is 5.97 Å². The number of fused-ring (bicyclic) bond motifs is 1. The molecular weight excluding hydrogens is 166 g/mol. The number of hydrogen-bond donors (Lipinski definition) is 2. The second kappa shape index (κ2) is 3.24. The number of allylic oxidation sites excluding steroid dienone is 4. The third-order valence-corrected chi connectivity index (χ3v) is 2.74. The summed E-state index contributed by atoms with van der Waals surface area (Å²) in [4.78, 5) is 10.8. The van der Waals surface area contributed by atoms with Crippen LogP contribution >= 0.6 is 0 Å². The number of hydrogen-bond acceptors (Lipinski definition) is 2. The maximum Gasteiger partial charge on any atom is 0.308 e. The van der Waals surface area contributed by atoms with Crippen LogP contribution in [0.1, 0.15) is 12.8 Å². The SMILES string of the molecule is O=C(O)C1CNC2=CC=CCC2C1. The molecule has 2 aliphatic rings. The summed E-state index contributed by atoms with van der Waals surface area (Å²) in [5.41, 5.74) is 1.21. The van der Waals surface area contributed by atoms with Gasteiger partial charge in [0.15, 0.2) is 0 Å². The summed E-state index contributed by atoms with van der Waals surface area (Å²) >= 11 is 0. The average Bonchev–Trinajstić information content (AvgIpc) is 2.17. The van der Waals surface area contributed by atoms with Crippen LogP contribution in [0.15, 0.2) is 23.9 Å². The van der Waals surface area contributed by atoms with Crippen molar-refractivity contribution in [1.29, 1.82) is 0 Å². The number of carbonyl (C=O) groups is 1. The lowest BCUT2D eigenvalue weighted by Crippen LogP contribution is -2.38. The van der Waals surface area contributed by atoms with Gasteiger partial charge >= 0.3 is 5.97 Å². The van der Waals surface area contributed by atoms with Crippen molar-refractivity contribution in [3.05, 3.63) is 23.9 Å². The molecule has 0 aromatic carbocycles. The van der Waals surface area contributed by atoms with Gasteiger partial charge in [-0.15, -0.1) is 0 Å². The standard InChI is InChI=1S/C10H13NO2/c12-10(13)8-5-7-3-1-2-4-9(7)11-6-8/h1-2,4,7-8,11H,3,5-6H2,(H,12,13). The molecule has 0 radical (unpaired) electrons. The highest BCUT2D eigenvalue weighted by molar-refractivity contribution is 5.70. The van der Waals surface area contributed by atoms with Crippen LogP contribution < -0.4 is 5.32 Å². The lowest BCUT2D eigenvalue weighted by molar-refractivity contribution is -0.142. The van der Waals surface area contributed by atoms with Crippen LogP contribution in [0.3, 0.4) is 0 Å². The first-order valence-electron chi connectivity index (χ1n) is 4.61. The van der Waals surface area contributed by atoms with E-state index in [0.29, 0.717) is 12.5 Å². The van der Waals surface area contributed by atoms with Gasteiger partial charge in [-0.2, -0.15) is 0 Å². The van der Waals surface area contributed by atoms with Crippen molar-refractivity contribution < 1.29 is 9.90 Å². The molecule has 0 aromatic heterocycles. The fourth-order valence-corrected chi connectivity index (χ4v) is 1.96. The summed E-state index contributed by atoms with van der Waals surface area (Å²) in [7, 11) is 0. The summed E-state index contributed by atoms with van der Waals surface area (Å²) in [6.45, 7) is 0.575. The first-order valence-corrected chi connectivity index (χ1v) is 4.61. The lowest BCUT2D eigenvalue weighted by atomic mass is 9.84. The smallest absolute Gasteiger partial charge is 0.308 e. The van der Waals surface area contributed by atoms with Gasteiger partial charge in [-0.25, -0.2) is 0 Å². The minimum atomic E-state index is -0.680. The summed E-state index contributed by atoms with van der Waals surface area (Å²) in [5.74, 6) is -0.491. The van der Waals surface area contributed by atoms with Gasteiger partial charge in [0.2, 0.25) is 0 Å². The molecule has 3 heteroatoms. The molecule has 2 N–H and O–H groups in total. The van der Waals surface area contributed by atoms with Crippen LogP contribution in [-0.4, -0.2) is 17.6 Å². The van der Waals surface area contributed by atoms with E-state index in [1.54, 1.807) is 0 Å². The Morgan fingerprint density at radius 1 is 1.62 bits per heavy atom. The summed E-state index contributed by atoms with van der Waals surface area (Å²) in [6, 6.07) is 0. The maximum absolute atomic E-state index is 10.8. The van der Waals surface area contributed by atoms with Gasteiger partial charge in [-0.05, 0) is 18.9 Å². The Morgan fingerprint density at radius 3 is 3.23 bits per heavy atom. The van der Waals surface area contributed by atoms with Crippen LogP contribution in [0.25, 0.3) is 0 Å². The predicted octanol–water partition coefficient (Wildman–Crippen LogP) is 1.14. The second-order valence-corrected chi connectivity index (χ2v) is 3.63. The first-order chi connectivity index (χ1) is 6.27. The molecule has 1 saturated heterocycles. The van der Waals surface area contributed by atoms with E-state index in [0.717, 1.165) is 12.8 Å². The zero-order chi connectivity index (χ0) is 9.26. The van der Waals surface area contributed by atoms with E-state index in [-0.39, 0.29) is 5.92 Å². The van der Waals surface area contributed by atoms with E-state index in [9.17, 15) is 4.79 Å². The Hall–Kier alpha value is -1.25. The van der Waals surface area contributed by atoms with Crippen molar-refractivity contribution in [2.75, 3.05) is 6.54 Å². The van der Waals surface area contributed by atoms with Crippen LogP contribution in [0.4, 0.5) is 0 Å². The first kappa shape index (κ1) is 8.35. The van der Waals surface area contributed by atoms with E-state index in [1.807, 2.05) is 12.2 Å². The Morgan fingerprint density at radius 2 is 2.46 bits per heavy atom. The highest BCUT2D eigenvalue weighted by Crippen LogP contribution is 2.29. The van der Waals surface area contributed by atoms with Crippen LogP contribution in [0, 0.1) is 11.8 Å². The fraction of sp³-hybridized carbons (Fsp3) is 0.500. The van der Waals surface area contributed by atoms with E-state index in [2.05, 4.69) is 11.4 Å². The molecule has 1 heterocycles. The third-order valence-electron chi connectivity index (χ3n) is 2.74. The largest absolute Gasteiger partial charge is 0.481 e. The zero-order valence-electron chi connectivity index (χ0n) is 7.36. The van der Waals surface area contributed by atoms with Crippen molar-refractivity contribution in [3.63, 3.8) is 0 Å². The molecule has 3 nitrogen and oxygen atoms in total. The van der Waals surface area contributed by atoms with Crippen molar-refractivity contribution in [3.8, 4) is 0 Å². The van der Waals surface area contributed by atoms with Crippen molar-refractivity contribution in [2.45, 2.75) is 12.8 Å². The number of piperidine rings is 1. The number of carboxylic acids is 1. The van der Waals surface area contributed by atoms with E-state index < -0.39 is 5.97 Å². The quantitative estimate of drug-likeness (QED) is 0.634. The van der Waals surface area contributed by atoms with Gasteiger partial charge in [-0.3, -0.25) is 4.79 Å². The van der Waals surface area contributed by atoms with E-state index in [4.69, 9.17) is 5.11 Å². The number of carboxylic acid groups (broad SMARTS) is 1. The number of aliphatic carboxylic acids is 1. The van der Waals surface area contributed by atoms with Crippen LogP contribution in [0.5, 0.6) is 0 Å². The monoisotopic (exact) mass is 179 g/mol. The molecule has 1 aliphatic carbocycles. The molecule has 2 unspecified atom stereocenters. The normalized spacial score (nSPS) is 31.5. The molecule has 2 rings (SSSR count). The Kier molecular flexibility index (Phi) is 2.08. The molecule has 70 valence electrons. The molecule has 13 heavy (non-hydrogen) atoms. The third kappa shape index (κ3) is 1.59. The van der Waals surface area contributed by atoms with Gasteiger partial charge in [0.1, 0.15) is 0 Å². The molecule has 0 bridgehead atoms. The lowest BCUT2D eigenvalue weighted by Gasteiger charge is -2.31. The second-order valence-electron chi connectivity index (χ2n) is 3.63. The van der Waals surface area contributed by atoms with Gasteiger partial charge in [0, 0.05) is 18.2 Å². The van der Waals surface area contributed by atoms with Crippen molar-refractivity contribution in [2.24, 2.45) is 11.8 Å². The highest BCUT2D eigenvalue weighted by Gasteiger charge is 2.29. The van der Waals surface area contributed by atoms with Gasteiger partial charge in [-0.1, -0.05) is 12.2 Å². The van der Waals surface area contributed by atoms with Gasteiger partial charge in [0.25, 0.3) is 0 Å². The maximum atomic E-state index is 10.8. The summed E-state index contributed by atoms with van der Waals surface area (Å²) in [6.07, 6.45) is 7.92. The topological polar surface area (TPSA) is 49.3 Å². The van der Waals surface area contributed by atoms with Crippen LogP contribution in [-0.2, 0) is 4.79 Å². The Balaban J connectivity index is 2.07. The number of rotatable bonds is 1. The van der Waals surface area contributed by atoms with Gasteiger partial charge in [0.05, 0.1) is 5.92 Å². The molecule has 1 aliphatic heterocycles. The predicted molar refractivity (Wildman–Crippen MR) is 49.1 cm³/mol. The average molecular weight is 179 g/mol. The Bertz CT molecular complexity index is 281. The number of nitrogens with one attached hydrogen (secondary N) is 1. The summed E-state index contributed by atoms with van der Waals surface area (Å²) in [5, 5.41) is 12.0. The highest BCUT2D eigenvalue weighted by atomic mass is 16.4. The molecule has 2 atom stereocenters. The van der Waals surface area contributed by atoms with E-state index >= 15 is 0 Å². The molecule has 1 fully saturated rings. The van der Waals surface area contributed by atoms with Crippen molar-refractivity contribution in [1.82, 2.24) is 5.32 Å². The molecule has 0 aromatic rings. The minimum Gasteiger partial charge on any atom is -0.481 e. The summed E-state index contributed by atoms with van der Waals surface area (Å²) < 4.78 is 0. The molecular formula is C10H13NO2. The zero-order valence-corrected chi connectivity index (χ0v) is 7.36. The van der Waals surface area contributed by atoms with Gasteiger partial charge < -0.3 is 10.4 Å². The van der Waals surface area contributed by atoms with E-state index in [1.165, 1.54) is 5.70 Å². The molecule has 0 spiro atoms. The van der Waals surface area contributed by atoms with Crippen LogP contribution in [0.2, 0.25) is 0 Å². The fourth-order valence-electron chi connectivity index (χ4n) is 1.96. The molecule has 0 amide bonds. The minimum absolute atomic E-state index is 0.214. The Labute approximate surface area is 77.1 Å². The molecule has 0 saturated carbocycles.